The molecule has 1 aliphatic rings. The van der Waals surface area contributed by atoms with Crippen LogP contribution in [0.15, 0.2) is 18.2 Å². The summed E-state index contributed by atoms with van der Waals surface area (Å²) in [6.07, 6.45) is 1.31. The lowest BCUT2D eigenvalue weighted by atomic mass is 10.0. The zero-order valence-electron chi connectivity index (χ0n) is 13.2. The molecule has 2 rings (SSSR count). The molecule has 1 heterocycles. The van der Waals surface area contributed by atoms with Crippen molar-refractivity contribution in [2.24, 2.45) is 5.73 Å². The molecule has 1 saturated heterocycles. The molecule has 1 atom stereocenters. The largest absolute Gasteiger partial charge is 0.326 e. The van der Waals surface area contributed by atoms with Crippen LogP contribution in [-0.4, -0.2) is 42.0 Å². The highest BCUT2D eigenvalue weighted by Crippen LogP contribution is 2.20. The third kappa shape index (κ3) is 3.60. The minimum atomic E-state index is 0.634. The fourth-order valence-electron chi connectivity index (χ4n) is 3.30. The van der Waals surface area contributed by atoms with Crippen LogP contribution >= 0.6 is 0 Å². The van der Waals surface area contributed by atoms with E-state index in [2.05, 4.69) is 48.8 Å². The number of aryl methyl sites for hydroxylation is 1. The van der Waals surface area contributed by atoms with Crippen molar-refractivity contribution in [3.8, 4) is 0 Å². The molecule has 1 fully saturated rings. The van der Waals surface area contributed by atoms with Crippen molar-refractivity contribution in [1.29, 1.82) is 0 Å². The Kier molecular flexibility index (Phi) is 5.58. The van der Waals surface area contributed by atoms with Gasteiger partial charge in [0.1, 0.15) is 0 Å². The minimum absolute atomic E-state index is 0.634. The highest BCUT2D eigenvalue weighted by molar-refractivity contribution is 5.31. The van der Waals surface area contributed by atoms with Crippen molar-refractivity contribution in [2.75, 3.05) is 26.2 Å². The average Bonchev–Trinajstić information content (AvgIpc) is 2.91. The van der Waals surface area contributed by atoms with Crippen molar-refractivity contribution in [2.45, 2.75) is 46.3 Å². The Hall–Kier alpha value is -0.900. The van der Waals surface area contributed by atoms with Gasteiger partial charge in [0, 0.05) is 32.2 Å². The smallest absolute Gasteiger partial charge is 0.0237 e. The summed E-state index contributed by atoms with van der Waals surface area (Å²) in [5.41, 5.74) is 9.75. The molecule has 2 N–H and O–H groups in total. The number of nitrogens with two attached hydrogens (primary N) is 1. The first-order valence-corrected chi connectivity index (χ1v) is 7.92. The predicted octanol–water partition coefficient (Wildman–Crippen LogP) is 2.37. The number of hydrogen-bond donors (Lipinski definition) is 1. The molecule has 3 heteroatoms. The van der Waals surface area contributed by atoms with E-state index in [-0.39, 0.29) is 0 Å². The Labute approximate surface area is 123 Å². The molecule has 0 amide bonds. The highest BCUT2D eigenvalue weighted by Gasteiger charge is 2.26. The van der Waals surface area contributed by atoms with E-state index in [1.165, 1.54) is 49.3 Å². The molecule has 1 aromatic rings. The fourth-order valence-corrected chi connectivity index (χ4v) is 3.30. The van der Waals surface area contributed by atoms with E-state index in [0.29, 0.717) is 6.54 Å². The topological polar surface area (TPSA) is 32.5 Å². The van der Waals surface area contributed by atoms with E-state index in [1.54, 1.807) is 0 Å². The third-order valence-corrected chi connectivity index (χ3v) is 4.61. The summed E-state index contributed by atoms with van der Waals surface area (Å²) in [5.74, 6) is 0. The zero-order chi connectivity index (χ0) is 14.5. The number of rotatable bonds is 6. The van der Waals surface area contributed by atoms with E-state index < -0.39 is 0 Å². The second kappa shape index (κ2) is 7.21. The lowest BCUT2D eigenvalue weighted by molar-refractivity contribution is 0.209. The SMILES string of the molecule is CCN(CC)C1CCN(Cc2ccc(CN)cc2C)C1. The van der Waals surface area contributed by atoms with Crippen molar-refractivity contribution >= 4 is 0 Å². The molecule has 20 heavy (non-hydrogen) atoms. The van der Waals surface area contributed by atoms with E-state index in [0.717, 1.165) is 12.6 Å². The summed E-state index contributed by atoms with van der Waals surface area (Å²) in [6.45, 7) is 13.2. The molecule has 0 radical (unpaired) electrons. The van der Waals surface area contributed by atoms with E-state index in [4.69, 9.17) is 5.73 Å². The van der Waals surface area contributed by atoms with Gasteiger partial charge in [0.2, 0.25) is 0 Å². The third-order valence-electron chi connectivity index (χ3n) is 4.61. The Morgan fingerprint density at radius 1 is 1.30 bits per heavy atom. The molecular weight excluding hydrogens is 246 g/mol. The monoisotopic (exact) mass is 275 g/mol. The maximum atomic E-state index is 5.70. The van der Waals surface area contributed by atoms with Gasteiger partial charge in [-0.05, 0) is 43.1 Å². The van der Waals surface area contributed by atoms with Crippen LogP contribution < -0.4 is 5.73 Å². The van der Waals surface area contributed by atoms with Gasteiger partial charge < -0.3 is 5.73 Å². The lowest BCUT2D eigenvalue weighted by Crippen LogP contribution is -2.37. The standard InChI is InChI=1S/C17H29N3/c1-4-20(5-2)17-8-9-19(13-17)12-16-7-6-15(11-18)10-14(16)3/h6-7,10,17H,4-5,8-9,11-13,18H2,1-3H3. The fraction of sp³-hybridized carbons (Fsp3) is 0.647. The normalized spacial score (nSPS) is 19.9. The van der Waals surface area contributed by atoms with Gasteiger partial charge in [0.15, 0.2) is 0 Å². The molecule has 1 aromatic carbocycles. The van der Waals surface area contributed by atoms with Crippen LogP contribution in [0.3, 0.4) is 0 Å². The van der Waals surface area contributed by atoms with Crippen LogP contribution in [0.5, 0.6) is 0 Å². The van der Waals surface area contributed by atoms with Crippen LogP contribution in [-0.2, 0) is 13.1 Å². The number of likely N-dealkylation sites (tertiary alicyclic amines) is 1. The first-order valence-electron chi connectivity index (χ1n) is 7.92. The molecule has 0 aliphatic carbocycles. The van der Waals surface area contributed by atoms with Crippen LogP contribution in [0.25, 0.3) is 0 Å². The molecular formula is C17H29N3. The first-order chi connectivity index (χ1) is 9.67. The maximum absolute atomic E-state index is 5.70. The lowest BCUT2D eigenvalue weighted by Gasteiger charge is -2.26. The second-order valence-electron chi connectivity index (χ2n) is 5.86. The maximum Gasteiger partial charge on any atom is 0.0237 e. The van der Waals surface area contributed by atoms with E-state index in [9.17, 15) is 0 Å². The van der Waals surface area contributed by atoms with Gasteiger partial charge in [0.25, 0.3) is 0 Å². The van der Waals surface area contributed by atoms with Crippen LogP contribution in [0.1, 0.15) is 37.0 Å². The van der Waals surface area contributed by atoms with Gasteiger partial charge in [-0.3, -0.25) is 9.80 Å². The highest BCUT2D eigenvalue weighted by atomic mass is 15.2. The van der Waals surface area contributed by atoms with Crippen LogP contribution in [0, 0.1) is 6.92 Å². The number of hydrogen-bond acceptors (Lipinski definition) is 3. The van der Waals surface area contributed by atoms with Crippen molar-refractivity contribution < 1.29 is 0 Å². The molecule has 1 aliphatic heterocycles. The molecule has 3 nitrogen and oxygen atoms in total. The van der Waals surface area contributed by atoms with Gasteiger partial charge in [-0.2, -0.15) is 0 Å². The summed E-state index contributed by atoms with van der Waals surface area (Å²) >= 11 is 0. The first kappa shape index (κ1) is 15.5. The summed E-state index contributed by atoms with van der Waals surface area (Å²) in [7, 11) is 0. The Morgan fingerprint density at radius 2 is 2.05 bits per heavy atom. The van der Waals surface area contributed by atoms with Gasteiger partial charge >= 0.3 is 0 Å². The zero-order valence-corrected chi connectivity index (χ0v) is 13.2. The van der Waals surface area contributed by atoms with Crippen molar-refractivity contribution in [3.05, 3.63) is 34.9 Å². The summed E-state index contributed by atoms with van der Waals surface area (Å²) in [4.78, 5) is 5.18. The van der Waals surface area contributed by atoms with Crippen molar-refractivity contribution in [3.63, 3.8) is 0 Å². The number of benzene rings is 1. The van der Waals surface area contributed by atoms with Gasteiger partial charge in [-0.1, -0.05) is 32.0 Å². The number of nitrogens with zero attached hydrogens (tertiary/aromatic N) is 2. The average molecular weight is 275 g/mol. The summed E-state index contributed by atoms with van der Waals surface area (Å²) in [5, 5.41) is 0. The van der Waals surface area contributed by atoms with Crippen LogP contribution in [0.2, 0.25) is 0 Å². The predicted molar refractivity (Wildman–Crippen MR) is 85.7 cm³/mol. The molecule has 0 aromatic heterocycles. The number of likely N-dealkylation sites (N-methyl/N-ethyl adjacent to an activating group) is 1. The molecule has 112 valence electrons. The quantitative estimate of drug-likeness (QED) is 0.865. The molecule has 0 saturated carbocycles. The van der Waals surface area contributed by atoms with Gasteiger partial charge in [0.05, 0.1) is 0 Å². The Bertz CT molecular complexity index is 426. The summed E-state index contributed by atoms with van der Waals surface area (Å²) < 4.78 is 0. The van der Waals surface area contributed by atoms with Gasteiger partial charge in [-0.25, -0.2) is 0 Å². The minimum Gasteiger partial charge on any atom is -0.326 e. The molecule has 1 unspecified atom stereocenters. The summed E-state index contributed by atoms with van der Waals surface area (Å²) in [6, 6.07) is 7.39. The Balaban J connectivity index is 1.95. The molecule has 0 bridgehead atoms. The van der Waals surface area contributed by atoms with Gasteiger partial charge in [-0.15, -0.1) is 0 Å². The molecule has 0 spiro atoms. The van der Waals surface area contributed by atoms with E-state index in [1.807, 2.05) is 0 Å². The Morgan fingerprint density at radius 3 is 2.65 bits per heavy atom. The second-order valence-corrected chi connectivity index (χ2v) is 5.86. The van der Waals surface area contributed by atoms with Crippen LogP contribution in [0.4, 0.5) is 0 Å². The van der Waals surface area contributed by atoms with Crippen molar-refractivity contribution in [1.82, 2.24) is 9.80 Å². The van der Waals surface area contributed by atoms with E-state index >= 15 is 0 Å².